The molecule has 1 aromatic carbocycles. The highest BCUT2D eigenvalue weighted by molar-refractivity contribution is 6.21. The van der Waals surface area contributed by atoms with Gasteiger partial charge in [0, 0.05) is 38.2 Å². The van der Waals surface area contributed by atoms with E-state index in [1.54, 1.807) is 41.3 Å². The Labute approximate surface area is 173 Å². The van der Waals surface area contributed by atoms with Crippen molar-refractivity contribution in [2.45, 2.75) is 25.4 Å². The Morgan fingerprint density at radius 1 is 1.20 bits per heavy atom. The van der Waals surface area contributed by atoms with Crippen LogP contribution in [0.2, 0.25) is 0 Å². The van der Waals surface area contributed by atoms with E-state index in [-0.39, 0.29) is 36.8 Å². The van der Waals surface area contributed by atoms with Crippen LogP contribution in [0.25, 0.3) is 0 Å². The summed E-state index contributed by atoms with van der Waals surface area (Å²) < 4.78 is 5.79. The van der Waals surface area contributed by atoms with Crippen LogP contribution in [-0.4, -0.2) is 58.2 Å². The van der Waals surface area contributed by atoms with Gasteiger partial charge in [0.25, 0.3) is 11.8 Å². The average Bonchev–Trinajstić information content (AvgIpc) is 3.33. The number of likely N-dealkylation sites (tertiary alicyclic amines) is 1. The summed E-state index contributed by atoms with van der Waals surface area (Å²) in [7, 11) is 0. The van der Waals surface area contributed by atoms with Crippen molar-refractivity contribution in [1.29, 1.82) is 5.26 Å². The van der Waals surface area contributed by atoms with Gasteiger partial charge in [0.05, 0.1) is 29.3 Å². The second-order valence-electron chi connectivity index (χ2n) is 7.27. The van der Waals surface area contributed by atoms with Gasteiger partial charge in [-0.15, -0.1) is 0 Å². The summed E-state index contributed by atoms with van der Waals surface area (Å²) in [5.74, 6) is -0.259. The first kappa shape index (κ1) is 19.6. The van der Waals surface area contributed by atoms with Gasteiger partial charge in [-0.1, -0.05) is 12.1 Å². The SMILES string of the molecule is N#Cc1ccnc(OC2CCN(C(=O)CCCN3C(=O)c4ccccc4C3=O)C2)c1. The summed E-state index contributed by atoms with van der Waals surface area (Å²) in [6.07, 6.45) is 2.69. The first-order valence-electron chi connectivity index (χ1n) is 9.82. The van der Waals surface area contributed by atoms with E-state index in [1.807, 2.05) is 6.07 Å². The number of hydrogen-bond donors (Lipinski definition) is 0. The number of carbonyl (C=O) groups is 3. The van der Waals surface area contributed by atoms with Gasteiger partial charge in [-0.3, -0.25) is 19.3 Å². The van der Waals surface area contributed by atoms with E-state index < -0.39 is 0 Å². The van der Waals surface area contributed by atoms with Gasteiger partial charge in [0.2, 0.25) is 11.8 Å². The quantitative estimate of drug-likeness (QED) is 0.682. The highest BCUT2D eigenvalue weighted by atomic mass is 16.5. The minimum atomic E-state index is -0.301. The molecule has 3 amide bonds. The van der Waals surface area contributed by atoms with Crippen molar-refractivity contribution >= 4 is 17.7 Å². The summed E-state index contributed by atoms with van der Waals surface area (Å²) >= 11 is 0. The first-order valence-corrected chi connectivity index (χ1v) is 9.82. The number of nitriles is 1. The predicted octanol–water partition coefficient (Wildman–Crippen LogP) is 2.01. The van der Waals surface area contributed by atoms with Gasteiger partial charge in [-0.2, -0.15) is 5.26 Å². The lowest BCUT2D eigenvalue weighted by atomic mass is 10.1. The van der Waals surface area contributed by atoms with Gasteiger partial charge in [-0.05, 0) is 24.6 Å². The molecule has 1 atom stereocenters. The van der Waals surface area contributed by atoms with Gasteiger partial charge < -0.3 is 9.64 Å². The topological polar surface area (TPSA) is 104 Å². The molecular weight excluding hydrogens is 384 g/mol. The number of nitrogens with zero attached hydrogens (tertiary/aromatic N) is 4. The normalized spacial score (nSPS) is 17.8. The summed E-state index contributed by atoms with van der Waals surface area (Å²) in [4.78, 5) is 44.3. The monoisotopic (exact) mass is 404 g/mol. The molecule has 2 aliphatic rings. The molecule has 1 aromatic heterocycles. The summed E-state index contributed by atoms with van der Waals surface area (Å²) in [5, 5.41) is 8.95. The minimum Gasteiger partial charge on any atom is -0.472 e. The lowest BCUT2D eigenvalue weighted by Crippen LogP contribution is -2.33. The Morgan fingerprint density at radius 3 is 2.63 bits per heavy atom. The molecule has 30 heavy (non-hydrogen) atoms. The molecule has 1 unspecified atom stereocenters. The standard InChI is InChI=1S/C22H20N4O4/c23-13-15-7-9-24-19(12-15)30-16-8-11-25(14-16)20(27)6-3-10-26-21(28)17-4-1-2-5-18(17)22(26)29/h1-2,4-5,7,9,12,16H,3,6,8,10-11,14H2. The fourth-order valence-corrected chi connectivity index (χ4v) is 3.75. The summed E-state index contributed by atoms with van der Waals surface area (Å²) in [6, 6.07) is 12.0. The number of rotatable bonds is 6. The van der Waals surface area contributed by atoms with Crippen LogP contribution in [0.4, 0.5) is 0 Å². The molecule has 1 fully saturated rings. The van der Waals surface area contributed by atoms with Crippen molar-refractivity contribution in [2.75, 3.05) is 19.6 Å². The Kier molecular flexibility index (Phi) is 5.44. The van der Waals surface area contributed by atoms with Crippen LogP contribution in [0.15, 0.2) is 42.6 Å². The van der Waals surface area contributed by atoms with Gasteiger partial charge >= 0.3 is 0 Å². The predicted molar refractivity (Wildman–Crippen MR) is 106 cm³/mol. The van der Waals surface area contributed by atoms with Crippen molar-refractivity contribution in [3.63, 3.8) is 0 Å². The minimum absolute atomic E-state index is 0.0311. The Morgan fingerprint density at radius 2 is 1.93 bits per heavy atom. The zero-order valence-electron chi connectivity index (χ0n) is 16.3. The number of carbonyl (C=O) groups excluding carboxylic acids is 3. The maximum Gasteiger partial charge on any atom is 0.261 e. The molecule has 0 N–H and O–H groups in total. The zero-order valence-corrected chi connectivity index (χ0v) is 16.3. The van der Waals surface area contributed by atoms with Gasteiger partial charge in [0.1, 0.15) is 6.10 Å². The van der Waals surface area contributed by atoms with Crippen molar-refractivity contribution in [3.05, 3.63) is 59.3 Å². The molecule has 152 valence electrons. The molecule has 4 rings (SSSR count). The van der Waals surface area contributed by atoms with Crippen molar-refractivity contribution in [1.82, 2.24) is 14.8 Å². The number of fused-ring (bicyclic) bond motifs is 1. The molecule has 0 saturated carbocycles. The maximum atomic E-state index is 12.5. The Hall–Kier alpha value is -3.73. The number of aromatic nitrogens is 1. The van der Waals surface area contributed by atoms with Crippen LogP contribution < -0.4 is 4.74 Å². The third-order valence-corrected chi connectivity index (χ3v) is 5.30. The van der Waals surface area contributed by atoms with E-state index in [2.05, 4.69) is 4.98 Å². The number of imide groups is 1. The fraction of sp³-hybridized carbons (Fsp3) is 0.318. The summed E-state index contributed by atoms with van der Waals surface area (Å²) in [6.45, 7) is 1.25. The summed E-state index contributed by atoms with van der Waals surface area (Å²) in [5.41, 5.74) is 1.31. The van der Waals surface area contributed by atoms with Crippen LogP contribution in [-0.2, 0) is 4.79 Å². The molecule has 0 aliphatic carbocycles. The number of benzene rings is 1. The van der Waals surface area contributed by atoms with E-state index in [4.69, 9.17) is 10.00 Å². The number of hydrogen-bond acceptors (Lipinski definition) is 6. The van der Waals surface area contributed by atoms with E-state index in [9.17, 15) is 14.4 Å². The largest absolute Gasteiger partial charge is 0.472 e. The van der Waals surface area contributed by atoms with Crippen LogP contribution >= 0.6 is 0 Å². The highest BCUT2D eigenvalue weighted by Gasteiger charge is 2.35. The number of ether oxygens (including phenoxy) is 1. The van der Waals surface area contributed by atoms with Crippen molar-refractivity contribution < 1.29 is 19.1 Å². The molecule has 1 saturated heterocycles. The molecule has 8 heteroatoms. The van der Waals surface area contributed by atoms with Crippen LogP contribution in [0, 0.1) is 11.3 Å². The van der Waals surface area contributed by atoms with Crippen LogP contribution in [0.3, 0.4) is 0 Å². The van der Waals surface area contributed by atoms with Crippen LogP contribution in [0.5, 0.6) is 5.88 Å². The number of amides is 3. The molecule has 3 heterocycles. The third-order valence-electron chi connectivity index (χ3n) is 5.30. The molecule has 0 spiro atoms. The van der Waals surface area contributed by atoms with E-state index >= 15 is 0 Å². The maximum absolute atomic E-state index is 12.5. The van der Waals surface area contributed by atoms with Crippen LogP contribution in [0.1, 0.15) is 45.5 Å². The molecule has 8 nitrogen and oxygen atoms in total. The lowest BCUT2D eigenvalue weighted by Gasteiger charge is -2.18. The van der Waals surface area contributed by atoms with Gasteiger partial charge in [0.15, 0.2) is 0 Å². The number of pyridine rings is 1. The van der Waals surface area contributed by atoms with E-state index in [0.29, 0.717) is 48.5 Å². The highest BCUT2D eigenvalue weighted by Crippen LogP contribution is 2.23. The lowest BCUT2D eigenvalue weighted by molar-refractivity contribution is -0.130. The molecule has 2 aromatic rings. The average molecular weight is 404 g/mol. The van der Waals surface area contributed by atoms with Crippen molar-refractivity contribution in [3.8, 4) is 11.9 Å². The molecule has 0 bridgehead atoms. The zero-order chi connectivity index (χ0) is 21.1. The van der Waals surface area contributed by atoms with Crippen molar-refractivity contribution in [2.24, 2.45) is 0 Å². The molecular formula is C22H20N4O4. The van der Waals surface area contributed by atoms with E-state index in [1.165, 1.54) is 11.1 Å². The molecule has 0 radical (unpaired) electrons. The van der Waals surface area contributed by atoms with Gasteiger partial charge in [-0.25, -0.2) is 4.98 Å². The smallest absolute Gasteiger partial charge is 0.261 e. The third kappa shape index (κ3) is 3.87. The fourth-order valence-electron chi connectivity index (χ4n) is 3.75. The second-order valence-corrected chi connectivity index (χ2v) is 7.27. The second kappa shape index (κ2) is 8.33. The molecule has 2 aliphatic heterocycles. The Balaban J connectivity index is 1.25. The Bertz CT molecular complexity index is 1010. The van der Waals surface area contributed by atoms with E-state index in [0.717, 1.165) is 0 Å². The first-order chi connectivity index (χ1) is 14.6.